The molecule has 0 bridgehead atoms. The van der Waals surface area contributed by atoms with E-state index in [0.29, 0.717) is 34.0 Å². The first-order chi connectivity index (χ1) is 19.4. The van der Waals surface area contributed by atoms with Crippen LogP contribution in [0.2, 0.25) is 15.1 Å². The fourth-order valence-corrected chi connectivity index (χ4v) is 6.46. The Morgan fingerprint density at radius 3 is 2.60 bits per heavy atom. The molecule has 6 rings (SSSR count). The Morgan fingerprint density at radius 1 is 1.00 bits per heavy atom. The number of nitrogens with zero attached hydrogens (tertiary/aromatic N) is 3. The second kappa shape index (κ2) is 12.0. The number of aliphatic hydroxyl groups is 1. The number of benzene rings is 3. The molecule has 0 aliphatic carbocycles. The largest absolute Gasteiger partial charge is 0.389 e. The zero-order chi connectivity index (χ0) is 27.8. The minimum absolute atomic E-state index is 0.167. The van der Waals surface area contributed by atoms with Gasteiger partial charge in [-0.3, -0.25) is 4.90 Å². The monoisotopic (exact) mass is 660 g/mol. The molecule has 2 aliphatic heterocycles. The van der Waals surface area contributed by atoms with Crippen molar-refractivity contribution in [3.63, 3.8) is 0 Å². The third-order valence-corrected chi connectivity index (χ3v) is 9.17. The predicted molar refractivity (Wildman–Crippen MR) is 167 cm³/mol. The summed E-state index contributed by atoms with van der Waals surface area (Å²) >= 11 is 22.9. The molecule has 0 radical (unpaired) electrons. The Labute approximate surface area is 256 Å². The van der Waals surface area contributed by atoms with Crippen LogP contribution in [-0.2, 0) is 11.3 Å². The Bertz CT molecular complexity index is 1550. The second-order valence-corrected chi connectivity index (χ2v) is 12.3. The summed E-state index contributed by atoms with van der Waals surface area (Å²) < 4.78 is 7.44. The van der Waals surface area contributed by atoms with Crippen molar-refractivity contribution in [2.45, 2.75) is 18.8 Å². The van der Waals surface area contributed by atoms with Crippen molar-refractivity contribution in [1.82, 2.24) is 9.88 Å². The number of fused-ring (bicyclic) bond motifs is 3. The molecule has 0 saturated carbocycles. The maximum Gasteiger partial charge on any atom is 0.134 e. The molecule has 1 saturated heterocycles. The lowest BCUT2D eigenvalue weighted by molar-refractivity contribution is -0.00877. The van der Waals surface area contributed by atoms with Gasteiger partial charge in [-0.25, -0.2) is 4.98 Å². The van der Waals surface area contributed by atoms with Gasteiger partial charge in [0.15, 0.2) is 0 Å². The van der Waals surface area contributed by atoms with Gasteiger partial charge < -0.3 is 20.1 Å². The normalized spacial score (nSPS) is 18.1. The van der Waals surface area contributed by atoms with E-state index in [1.54, 1.807) is 0 Å². The van der Waals surface area contributed by atoms with Gasteiger partial charge in [0, 0.05) is 60.4 Å². The Morgan fingerprint density at radius 2 is 1.80 bits per heavy atom. The number of aromatic nitrogens is 1. The number of ether oxygens (including phenoxy) is 1. The molecule has 1 aromatic heterocycles. The maximum atomic E-state index is 11.0. The number of hydrogen-bond donors (Lipinski definition) is 2. The summed E-state index contributed by atoms with van der Waals surface area (Å²) in [7, 11) is 0. The van der Waals surface area contributed by atoms with E-state index < -0.39 is 12.2 Å². The third kappa shape index (κ3) is 5.79. The Balaban J connectivity index is 1.17. The minimum Gasteiger partial charge on any atom is -0.389 e. The first-order valence-corrected chi connectivity index (χ1v) is 15.1. The Kier molecular flexibility index (Phi) is 8.43. The van der Waals surface area contributed by atoms with Crippen LogP contribution < -0.4 is 10.2 Å². The summed E-state index contributed by atoms with van der Waals surface area (Å²) in [6.45, 7) is 4.63. The van der Waals surface area contributed by atoms with Gasteiger partial charge in [0.05, 0.1) is 33.3 Å². The molecule has 40 heavy (non-hydrogen) atoms. The number of aliphatic hydroxyl groups excluding tert-OH is 1. The average molecular weight is 663 g/mol. The van der Waals surface area contributed by atoms with Crippen LogP contribution in [0.1, 0.15) is 22.8 Å². The fourth-order valence-electron chi connectivity index (χ4n) is 5.47. The SMILES string of the molecule is OC(COC1c2ccccc2CNc2nc3cc(Br)ccc3c(Cl)c21)CN1CCN(c2ccc(Cl)c(Cl)c2)CC1. The predicted octanol–water partition coefficient (Wildman–Crippen LogP) is 7.17. The highest BCUT2D eigenvalue weighted by Crippen LogP contribution is 2.43. The molecule has 3 heterocycles. The number of nitrogens with one attached hydrogen (secondary N) is 1. The standard InChI is InChI=1S/C30H28BrCl3N4O2/c31-19-5-7-23-26(13-19)36-30-27(28(23)34)29(22-4-2-1-3-18(22)15-35-30)40-17-21(39)16-37-9-11-38(12-10-37)20-6-8-24(32)25(33)14-20/h1-8,13-14,21,29,39H,9-12,15-17H2,(H,35,36). The molecule has 4 aromatic rings. The molecule has 0 spiro atoms. The topological polar surface area (TPSA) is 60.9 Å². The number of halogens is 4. The van der Waals surface area contributed by atoms with Gasteiger partial charge >= 0.3 is 0 Å². The van der Waals surface area contributed by atoms with Crippen LogP contribution in [0.25, 0.3) is 10.9 Å². The molecular weight excluding hydrogens is 635 g/mol. The minimum atomic E-state index is -0.661. The van der Waals surface area contributed by atoms with E-state index in [2.05, 4.69) is 43.2 Å². The zero-order valence-corrected chi connectivity index (χ0v) is 25.4. The maximum absolute atomic E-state index is 11.0. The molecule has 2 unspecified atom stereocenters. The van der Waals surface area contributed by atoms with Crippen LogP contribution >= 0.6 is 50.7 Å². The van der Waals surface area contributed by atoms with Crippen LogP contribution in [0.15, 0.2) is 65.1 Å². The van der Waals surface area contributed by atoms with E-state index in [0.717, 1.165) is 63.9 Å². The van der Waals surface area contributed by atoms with Crippen molar-refractivity contribution < 1.29 is 9.84 Å². The highest BCUT2D eigenvalue weighted by atomic mass is 79.9. The highest BCUT2D eigenvalue weighted by molar-refractivity contribution is 9.10. The molecule has 2 aliphatic rings. The second-order valence-electron chi connectivity index (χ2n) is 10.2. The smallest absolute Gasteiger partial charge is 0.134 e. The molecular formula is C30H28BrCl3N4O2. The van der Waals surface area contributed by atoms with Crippen LogP contribution in [0.4, 0.5) is 11.5 Å². The van der Waals surface area contributed by atoms with Crippen LogP contribution in [0, 0.1) is 0 Å². The molecule has 10 heteroatoms. The van der Waals surface area contributed by atoms with Crippen molar-refractivity contribution >= 4 is 73.1 Å². The molecule has 6 nitrogen and oxygen atoms in total. The number of hydrogen-bond acceptors (Lipinski definition) is 6. The van der Waals surface area contributed by atoms with Gasteiger partial charge in [-0.15, -0.1) is 0 Å². The van der Waals surface area contributed by atoms with E-state index in [1.807, 2.05) is 48.5 Å². The number of anilines is 2. The van der Waals surface area contributed by atoms with E-state index >= 15 is 0 Å². The van der Waals surface area contributed by atoms with Gasteiger partial charge in [0.25, 0.3) is 0 Å². The number of pyridine rings is 1. The summed E-state index contributed by atoms with van der Waals surface area (Å²) in [5.74, 6) is 0.699. The van der Waals surface area contributed by atoms with Crippen molar-refractivity contribution in [2.24, 2.45) is 0 Å². The van der Waals surface area contributed by atoms with Crippen molar-refractivity contribution in [2.75, 3.05) is 49.5 Å². The van der Waals surface area contributed by atoms with E-state index in [4.69, 9.17) is 44.5 Å². The van der Waals surface area contributed by atoms with Crippen molar-refractivity contribution in [3.05, 3.63) is 96.9 Å². The lowest BCUT2D eigenvalue weighted by Crippen LogP contribution is -2.49. The molecule has 2 N–H and O–H groups in total. The van der Waals surface area contributed by atoms with Crippen molar-refractivity contribution in [1.29, 1.82) is 0 Å². The molecule has 2 atom stereocenters. The van der Waals surface area contributed by atoms with Gasteiger partial charge in [0.1, 0.15) is 11.9 Å². The first-order valence-electron chi connectivity index (χ1n) is 13.2. The van der Waals surface area contributed by atoms with Crippen LogP contribution in [0.3, 0.4) is 0 Å². The van der Waals surface area contributed by atoms with Gasteiger partial charge in [0.2, 0.25) is 0 Å². The van der Waals surface area contributed by atoms with Gasteiger partial charge in [-0.2, -0.15) is 0 Å². The van der Waals surface area contributed by atoms with E-state index in [-0.39, 0.29) is 6.61 Å². The summed E-state index contributed by atoms with van der Waals surface area (Å²) in [5, 5.41) is 17.1. The first kappa shape index (κ1) is 28.0. The number of piperazine rings is 1. The molecule has 0 amide bonds. The molecule has 3 aromatic carbocycles. The summed E-state index contributed by atoms with van der Waals surface area (Å²) in [4.78, 5) is 9.44. The highest BCUT2D eigenvalue weighted by Gasteiger charge is 2.30. The lowest BCUT2D eigenvalue weighted by atomic mass is 9.97. The number of β-amino-alcohol motifs (C(OH)–C–C–N with tert-alkyl or cyclic N) is 1. The van der Waals surface area contributed by atoms with Crippen molar-refractivity contribution in [3.8, 4) is 0 Å². The fraction of sp³-hybridized carbons (Fsp3) is 0.300. The molecule has 1 fully saturated rings. The third-order valence-electron chi connectivity index (χ3n) is 7.53. The zero-order valence-electron chi connectivity index (χ0n) is 21.6. The van der Waals surface area contributed by atoms with Crippen LogP contribution in [-0.4, -0.2) is 60.4 Å². The Hall–Kier alpha value is -2.10. The quantitative estimate of drug-likeness (QED) is 0.228. The van der Waals surface area contributed by atoms with Gasteiger partial charge in [-0.1, -0.05) is 81.1 Å². The van der Waals surface area contributed by atoms with E-state index in [1.165, 1.54) is 0 Å². The van der Waals surface area contributed by atoms with E-state index in [9.17, 15) is 5.11 Å². The molecule has 208 valence electrons. The van der Waals surface area contributed by atoms with Crippen LogP contribution in [0.5, 0.6) is 0 Å². The average Bonchev–Trinajstić information content (AvgIpc) is 3.11. The summed E-state index contributed by atoms with van der Waals surface area (Å²) in [6.07, 6.45) is -1.12. The lowest BCUT2D eigenvalue weighted by Gasteiger charge is -2.37. The van der Waals surface area contributed by atoms with Gasteiger partial charge in [-0.05, 0) is 41.5 Å². The number of rotatable bonds is 6. The summed E-state index contributed by atoms with van der Waals surface area (Å²) in [5.41, 5.74) is 4.79. The summed E-state index contributed by atoms with van der Waals surface area (Å²) in [6, 6.07) is 19.8.